The Morgan fingerprint density at radius 2 is 2.07 bits per heavy atom. The van der Waals surface area contributed by atoms with Crippen molar-refractivity contribution in [2.45, 2.75) is 38.2 Å². The average Bonchev–Trinajstić information content (AvgIpc) is 2.89. The lowest BCUT2D eigenvalue weighted by Gasteiger charge is -2.41. The van der Waals surface area contributed by atoms with Crippen molar-refractivity contribution in [3.8, 4) is 11.5 Å². The molecule has 7 heteroatoms. The van der Waals surface area contributed by atoms with Crippen LogP contribution in [0.1, 0.15) is 41.0 Å². The quantitative estimate of drug-likeness (QED) is 0.839. The van der Waals surface area contributed by atoms with Gasteiger partial charge in [0.2, 0.25) is 5.91 Å². The lowest BCUT2D eigenvalue weighted by atomic mass is 9.90. The highest BCUT2D eigenvalue weighted by Crippen LogP contribution is 2.34. The fourth-order valence-electron chi connectivity index (χ4n) is 4.08. The molecule has 0 unspecified atom stereocenters. The van der Waals surface area contributed by atoms with E-state index in [1.165, 1.54) is 0 Å². The minimum Gasteiger partial charge on any atom is -0.497 e. The van der Waals surface area contributed by atoms with E-state index in [4.69, 9.17) is 9.47 Å². The Morgan fingerprint density at radius 3 is 2.80 bits per heavy atom. The van der Waals surface area contributed by atoms with Crippen molar-refractivity contribution in [3.05, 3.63) is 53.3 Å². The van der Waals surface area contributed by atoms with Gasteiger partial charge >= 0.3 is 0 Å². The molecule has 1 saturated heterocycles. The van der Waals surface area contributed by atoms with Crippen molar-refractivity contribution in [3.63, 3.8) is 0 Å². The maximum atomic E-state index is 12.7. The fourth-order valence-corrected chi connectivity index (χ4v) is 4.08. The highest BCUT2D eigenvalue weighted by molar-refractivity contribution is 5.97. The van der Waals surface area contributed by atoms with Crippen molar-refractivity contribution in [2.24, 2.45) is 0 Å². The number of likely N-dealkylation sites (tertiary alicyclic amines) is 1. The standard InChI is InChI=1S/C23H27N3O4/c1-16-4-3-5-17(25-16)6-9-21(27)26-12-10-23(11-13-26)15-24-22(28)19-14-18(29-2)7-8-20(19)30-23/h3-5,7-8,14H,6,9-13,15H2,1-2H3,(H,24,28). The van der Waals surface area contributed by atoms with Crippen LogP contribution in [0.2, 0.25) is 0 Å². The number of carbonyl (C=O) groups is 2. The fraction of sp³-hybridized carbons (Fsp3) is 0.435. The van der Waals surface area contributed by atoms with Gasteiger partial charge in [-0.1, -0.05) is 6.07 Å². The number of aryl methyl sites for hydroxylation is 2. The van der Waals surface area contributed by atoms with Gasteiger partial charge in [-0.05, 0) is 43.7 Å². The van der Waals surface area contributed by atoms with Crippen LogP contribution in [0.4, 0.5) is 0 Å². The molecule has 1 aromatic heterocycles. The van der Waals surface area contributed by atoms with E-state index in [9.17, 15) is 9.59 Å². The van der Waals surface area contributed by atoms with Gasteiger partial charge in [0.1, 0.15) is 17.1 Å². The largest absolute Gasteiger partial charge is 0.497 e. The van der Waals surface area contributed by atoms with Crippen LogP contribution in [0.15, 0.2) is 36.4 Å². The van der Waals surface area contributed by atoms with Crippen molar-refractivity contribution >= 4 is 11.8 Å². The first-order chi connectivity index (χ1) is 14.5. The maximum absolute atomic E-state index is 12.7. The van der Waals surface area contributed by atoms with E-state index in [1.807, 2.05) is 30.0 Å². The first kappa shape index (κ1) is 20.2. The van der Waals surface area contributed by atoms with Crippen LogP contribution < -0.4 is 14.8 Å². The van der Waals surface area contributed by atoms with Gasteiger partial charge in [-0.3, -0.25) is 14.6 Å². The van der Waals surface area contributed by atoms with E-state index < -0.39 is 5.60 Å². The number of nitrogens with zero attached hydrogens (tertiary/aromatic N) is 2. The normalized spacial score (nSPS) is 17.5. The summed E-state index contributed by atoms with van der Waals surface area (Å²) in [6.07, 6.45) is 2.44. The van der Waals surface area contributed by atoms with Gasteiger partial charge in [-0.2, -0.15) is 0 Å². The molecular formula is C23H27N3O4. The second-order valence-corrected chi connectivity index (χ2v) is 7.98. The van der Waals surface area contributed by atoms with Crippen LogP contribution in [0.5, 0.6) is 11.5 Å². The third-order valence-corrected chi connectivity index (χ3v) is 5.90. The van der Waals surface area contributed by atoms with Gasteiger partial charge in [0.15, 0.2) is 0 Å². The molecule has 0 aliphatic carbocycles. The van der Waals surface area contributed by atoms with E-state index in [2.05, 4.69) is 10.3 Å². The molecule has 0 bridgehead atoms. The molecule has 0 radical (unpaired) electrons. The number of methoxy groups -OCH3 is 1. The highest BCUT2D eigenvalue weighted by atomic mass is 16.5. The van der Waals surface area contributed by atoms with E-state index in [-0.39, 0.29) is 11.8 Å². The number of hydrogen-bond acceptors (Lipinski definition) is 5. The Morgan fingerprint density at radius 1 is 1.27 bits per heavy atom. The summed E-state index contributed by atoms with van der Waals surface area (Å²) in [4.78, 5) is 31.6. The first-order valence-corrected chi connectivity index (χ1v) is 10.3. The SMILES string of the molecule is COc1ccc2c(c1)C(=O)NCC1(CCN(C(=O)CCc3cccc(C)n3)CC1)O2. The van der Waals surface area contributed by atoms with E-state index in [0.29, 0.717) is 62.4 Å². The van der Waals surface area contributed by atoms with Crippen LogP contribution in [0.25, 0.3) is 0 Å². The lowest BCUT2D eigenvalue weighted by Crippen LogP contribution is -2.54. The molecule has 0 atom stereocenters. The summed E-state index contributed by atoms with van der Waals surface area (Å²) in [5, 5.41) is 2.98. The molecule has 158 valence electrons. The summed E-state index contributed by atoms with van der Waals surface area (Å²) in [7, 11) is 1.57. The predicted octanol–water partition coefficient (Wildman–Crippen LogP) is 2.51. The van der Waals surface area contributed by atoms with Gasteiger partial charge in [-0.25, -0.2) is 0 Å². The number of piperidine rings is 1. The third kappa shape index (κ3) is 4.25. The Labute approximate surface area is 176 Å². The Kier molecular flexibility index (Phi) is 5.61. The number of fused-ring (bicyclic) bond motifs is 1. The number of rotatable bonds is 4. The zero-order chi connectivity index (χ0) is 21.1. The minimum atomic E-state index is -0.496. The molecule has 2 aliphatic rings. The number of nitrogens with one attached hydrogen (secondary N) is 1. The summed E-state index contributed by atoms with van der Waals surface area (Å²) in [6.45, 7) is 3.61. The van der Waals surface area contributed by atoms with Gasteiger partial charge in [0, 0.05) is 43.7 Å². The summed E-state index contributed by atoms with van der Waals surface area (Å²) >= 11 is 0. The van der Waals surface area contributed by atoms with E-state index in [1.54, 1.807) is 25.3 Å². The Balaban J connectivity index is 1.38. The molecule has 1 spiro atoms. The van der Waals surface area contributed by atoms with E-state index >= 15 is 0 Å². The molecular weight excluding hydrogens is 382 g/mol. The topological polar surface area (TPSA) is 80.8 Å². The highest BCUT2D eigenvalue weighted by Gasteiger charge is 2.41. The molecule has 2 amide bonds. The van der Waals surface area contributed by atoms with Crippen molar-refractivity contribution < 1.29 is 19.1 Å². The van der Waals surface area contributed by atoms with Gasteiger partial charge < -0.3 is 19.7 Å². The smallest absolute Gasteiger partial charge is 0.255 e. The Hall–Kier alpha value is -3.09. The second-order valence-electron chi connectivity index (χ2n) is 7.98. The third-order valence-electron chi connectivity index (χ3n) is 5.90. The second kappa shape index (κ2) is 8.34. The summed E-state index contributed by atoms with van der Waals surface area (Å²) in [6, 6.07) is 11.2. The number of hydrogen-bond donors (Lipinski definition) is 1. The monoisotopic (exact) mass is 409 g/mol. The molecule has 1 fully saturated rings. The molecule has 2 aromatic rings. The summed E-state index contributed by atoms with van der Waals surface area (Å²) in [5.74, 6) is 1.16. The van der Waals surface area contributed by atoms with E-state index in [0.717, 1.165) is 11.4 Å². The number of amides is 2. The van der Waals surface area contributed by atoms with Crippen molar-refractivity contribution in [1.29, 1.82) is 0 Å². The van der Waals surface area contributed by atoms with Gasteiger partial charge in [0.25, 0.3) is 5.91 Å². The molecule has 3 heterocycles. The molecule has 1 N–H and O–H groups in total. The lowest BCUT2D eigenvalue weighted by molar-refractivity contribution is -0.134. The molecule has 1 aromatic carbocycles. The number of ether oxygens (including phenoxy) is 2. The molecule has 2 aliphatic heterocycles. The first-order valence-electron chi connectivity index (χ1n) is 10.3. The van der Waals surface area contributed by atoms with Crippen LogP contribution in [-0.2, 0) is 11.2 Å². The number of carbonyl (C=O) groups excluding carboxylic acids is 2. The van der Waals surface area contributed by atoms with Crippen LogP contribution in [0, 0.1) is 6.92 Å². The number of benzene rings is 1. The van der Waals surface area contributed by atoms with Crippen LogP contribution in [0.3, 0.4) is 0 Å². The number of aromatic nitrogens is 1. The van der Waals surface area contributed by atoms with Gasteiger partial charge in [-0.15, -0.1) is 0 Å². The average molecular weight is 409 g/mol. The molecule has 30 heavy (non-hydrogen) atoms. The predicted molar refractivity (Wildman–Crippen MR) is 112 cm³/mol. The Bertz CT molecular complexity index is 951. The molecule has 7 nitrogen and oxygen atoms in total. The van der Waals surface area contributed by atoms with Crippen LogP contribution >= 0.6 is 0 Å². The zero-order valence-corrected chi connectivity index (χ0v) is 17.4. The van der Waals surface area contributed by atoms with Crippen molar-refractivity contribution in [1.82, 2.24) is 15.2 Å². The van der Waals surface area contributed by atoms with Gasteiger partial charge in [0.05, 0.1) is 19.2 Å². The van der Waals surface area contributed by atoms with Crippen LogP contribution in [-0.4, -0.2) is 54.0 Å². The molecule has 4 rings (SSSR count). The maximum Gasteiger partial charge on any atom is 0.255 e. The minimum absolute atomic E-state index is 0.135. The molecule has 0 saturated carbocycles. The summed E-state index contributed by atoms with van der Waals surface area (Å²) in [5.41, 5.74) is 1.89. The zero-order valence-electron chi connectivity index (χ0n) is 17.4. The summed E-state index contributed by atoms with van der Waals surface area (Å²) < 4.78 is 11.6. The van der Waals surface area contributed by atoms with Crippen molar-refractivity contribution in [2.75, 3.05) is 26.7 Å². The number of pyridine rings is 1.